The molecule has 3 rings (SSSR count). The minimum Gasteiger partial charge on any atom is -0.492 e. The Morgan fingerprint density at radius 1 is 1.12 bits per heavy atom. The molecule has 26 heavy (non-hydrogen) atoms. The molecule has 1 fully saturated rings. The van der Waals surface area contributed by atoms with Gasteiger partial charge in [-0.25, -0.2) is 0 Å². The number of rotatable bonds is 7. The van der Waals surface area contributed by atoms with Crippen molar-refractivity contribution >= 4 is 5.91 Å². The molecule has 1 aliphatic rings. The van der Waals surface area contributed by atoms with Gasteiger partial charge in [0.25, 0.3) is 5.91 Å². The minimum absolute atomic E-state index is 0.0713. The van der Waals surface area contributed by atoms with E-state index in [2.05, 4.69) is 12.1 Å². The third kappa shape index (κ3) is 4.85. The topological polar surface area (TPSA) is 55.6 Å². The maximum Gasteiger partial charge on any atom is 0.257 e. The summed E-state index contributed by atoms with van der Waals surface area (Å²) in [5, 5.41) is 0. The monoisotopic (exact) mass is 352 g/mol. The van der Waals surface area contributed by atoms with Gasteiger partial charge in [-0.05, 0) is 49.4 Å². The highest BCUT2D eigenvalue weighted by Crippen LogP contribution is 2.25. The number of likely N-dealkylation sites (tertiary alicyclic amines) is 1. The van der Waals surface area contributed by atoms with Crippen LogP contribution in [0.3, 0.4) is 0 Å². The molecular weight excluding hydrogens is 324 g/mol. The second kappa shape index (κ2) is 9.39. The fraction of sp³-hybridized carbons (Fsp3) is 0.409. The Labute approximate surface area is 156 Å². The van der Waals surface area contributed by atoms with Crippen molar-refractivity contribution in [3.05, 3.63) is 65.7 Å². The Kier molecular flexibility index (Phi) is 6.67. The van der Waals surface area contributed by atoms with Crippen molar-refractivity contribution in [3.63, 3.8) is 0 Å². The second-order valence-electron chi connectivity index (χ2n) is 6.92. The van der Waals surface area contributed by atoms with E-state index in [1.165, 1.54) is 5.56 Å². The molecule has 2 aromatic carbocycles. The number of nitrogens with zero attached hydrogens (tertiary/aromatic N) is 1. The Morgan fingerprint density at radius 2 is 1.88 bits per heavy atom. The fourth-order valence-electron chi connectivity index (χ4n) is 3.58. The van der Waals surface area contributed by atoms with Gasteiger partial charge in [-0.1, -0.05) is 42.5 Å². The van der Waals surface area contributed by atoms with Gasteiger partial charge in [0.1, 0.15) is 5.75 Å². The molecule has 0 aromatic heterocycles. The first kappa shape index (κ1) is 18.5. The lowest BCUT2D eigenvalue weighted by atomic mass is 9.94. The molecule has 0 radical (unpaired) electrons. The number of benzene rings is 2. The lowest BCUT2D eigenvalue weighted by molar-refractivity contribution is 0.0665. The van der Waals surface area contributed by atoms with Gasteiger partial charge >= 0.3 is 0 Å². The first-order valence-electron chi connectivity index (χ1n) is 9.53. The van der Waals surface area contributed by atoms with Crippen molar-refractivity contribution in [3.8, 4) is 5.75 Å². The van der Waals surface area contributed by atoms with Crippen molar-refractivity contribution in [2.24, 2.45) is 11.7 Å². The SMILES string of the molecule is NCCC1CCCN(C(=O)c2ccccc2OCCc2ccccc2)C1. The van der Waals surface area contributed by atoms with Crippen LogP contribution in [0.5, 0.6) is 5.75 Å². The Balaban J connectivity index is 1.63. The Bertz CT molecular complexity index is 700. The fourth-order valence-corrected chi connectivity index (χ4v) is 3.58. The summed E-state index contributed by atoms with van der Waals surface area (Å²) in [5.41, 5.74) is 7.59. The van der Waals surface area contributed by atoms with Crippen LogP contribution in [0.25, 0.3) is 0 Å². The van der Waals surface area contributed by atoms with Gasteiger partial charge in [-0.15, -0.1) is 0 Å². The number of nitrogens with two attached hydrogens (primary N) is 1. The summed E-state index contributed by atoms with van der Waals surface area (Å²) >= 11 is 0. The van der Waals surface area contributed by atoms with Crippen molar-refractivity contribution < 1.29 is 9.53 Å². The normalized spacial score (nSPS) is 17.1. The molecule has 0 saturated carbocycles. The van der Waals surface area contributed by atoms with Crippen LogP contribution < -0.4 is 10.5 Å². The molecule has 0 aliphatic carbocycles. The van der Waals surface area contributed by atoms with E-state index in [-0.39, 0.29) is 5.91 Å². The van der Waals surface area contributed by atoms with Crippen LogP contribution in [0.2, 0.25) is 0 Å². The highest BCUT2D eigenvalue weighted by Gasteiger charge is 2.25. The summed E-state index contributed by atoms with van der Waals surface area (Å²) in [7, 11) is 0. The zero-order valence-electron chi connectivity index (χ0n) is 15.3. The summed E-state index contributed by atoms with van der Waals surface area (Å²) in [6, 6.07) is 17.8. The molecule has 4 nitrogen and oxygen atoms in total. The predicted molar refractivity (Wildman–Crippen MR) is 104 cm³/mol. The van der Waals surface area contributed by atoms with Gasteiger partial charge in [0.2, 0.25) is 0 Å². The van der Waals surface area contributed by atoms with Crippen molar-refractivity contribution in [2.45, 2.75) is 25.7 Å². The summed E-state index contributed by atoms with van der Waals surface area (Å²) in [6.07, 6.45) is 4.02. The predicted octanol–water partition coefficient (Wildman–Crippen LogP) is 3.51. The van der Waals surface area contributed by atoms with E-state index in [0.29, 0.717) is 30.4 Å². The molecule has 1 unspecified atom stereocenters. The maximum absolute atomic E-state index is 13.0. The van der Waals surface area contributed by atoms with Crippen molar-refractivity contribution in [2.75, 3.05) is 26.2 Å². The van der Waals surface area contributed by atoms with E-state index in [0.717, 1.165) is 38.8 Å². The molecule has 138 valence electrons. The van der Waals surface area contributed by atoms with Crippen LogP contribution in [-0.2, 0) is 6.42 Å². The lowest BCUT2D eigenvalue weighted by Gasteiger charge is -2.33. The average molecular weight is 352 g/mol. The van der Waals surface area contributed by atoms with E-state index < -0.39 is 0 Å². The molecule has 1 heterocycles. The van der Waals surface area contributed by atoms with E-state index in [4.69, 9.17) is 10.5 Å². The first-order chi connectivity index (χ1) is 12.8. The molecule has 1 atom stereocenters. The van der Waals surface area contributed by atoms with Gasteiger partial charge in [0, 0.05) is 19.5 Å². The number of hydrogen-bond donors (Lipinski definition) is 1. The molecular formula is C22H28N2O2. The average Bonchev–Trinajstić information content (AvgIpc) is 2.69. The third-order valence-corrected chi connectivity index (χ3v) is 4.99. The highest BCUT2D eigenvalue weighted by molar-refractivity contribution is 5.97. The van der Waals surface area contributed by atoms with Crippen LogP contribution in [0, 0.1) is 5.92 Å². The van der Waals surface area contributed by atoms with Crippen LogP contribution in [0.4, 0.5) is 0 Å². The smallest absolute Gasteiger partial charge is 0.257 e. The largest absolute Gasteiger partial charge is 0.492 e. The van der Waals surface area contributed by atoms with Gasteiger partial charge in [-0.2, -0.15) is 0 Å². The molecule has 4 heteroatoms. The second-order valence-corrected chi connectivity index (χ2v) is 6.92. The first-order valence-corrected chi connectivity index (χ1v) is 9.53. The van der Waals surface area contributed by atoms with Gasteiger partial charge in [0.15, 0.2) is 0 Å². The van der Waals surface area contributed by atoms with Crippen molar-refractivity contribution in [1.29, 1.82) is 0 Å². The number of carbonyl (C=O) groups is 1. The molecule has 2 aromatic rings. The molecule has 2 N–H and O–H groups in total. The number of carbonyl (C=O) groups excluding carboxylic acids is 1. The zero-order valence-corrected chi connectivity index (χ0v) is 15.3. The summed E-state index contributed by atoms with van der Waals surface area (Å²) in [5.74, 6) is 1.26. The Morgan fingerprint density at radius 3 is 2.69 bits per heavy atom. The standard InChI is InChI=1S/C22H28N2O2/c23-14-12-19-9-6-15-24(17-19)22(25)20-10-4-5-11-21(20)26-16-13-18-7-2-1-3-8-18/h1-5,7-8,10-11,19H,6,9,12-17,23H2. The molecule has 1 saturated heterocycles. The number of para-hydroxylation sites is 1. The van der Waals surface area contributed by atoms with Gasteiger partial charge < -0.3 is 15.4 Å². The maximum atomic E-state index is 13.0. The quantitative estimate of drug-likeness (QED) is 0.830. The molecule has 1 aliphatic heterocycles. The highest BCUT2D eigenvalue weighted by atomic mass is 16.5. The summed E-state index contributed by atoms with van der Waals surface area (Å²) in [4.78, 5) is 15.0. The van der Waals surface area contributed by atoms with E-state index in [1.807, 2.05) is 47.4 Å². The minimum atomic E-state index is 0.0713. The zero-order chi connectivity index (χ0) is 18.2. The third-order valence-electron chi connectivity index (χ3n) is 4.99. The van der Waals surface area contributed by atoms with Crippen LogP contribution >= 0.6 is 0 Å². The lowest BCUT2D eigenvalue weighted by Crippen LogP contribution is -2.40. The van der Waals surface area contributed by atoms with Crippen molar-refractivity contribution in [1.82, 2.24) is 4.90 Å². The number of piperidine rings is 1. The summed E-state index contributed by atoms with van der Waals surface area (Å²) in [6.45, 7) is 2.86. The van der Waals surface area contributed by atoms with Crippen LogP contribution in [0.15, 0.2) is 54.6 Å². The van der Waals surface area contributed by atoms with E-state index in [9.17, 15) is 4.79 Å². The molecule has 1 amide bonds. The number of ether oxygens (including phenoxy) is 1. The molecule has 0 bridgehead atoms. The van der Waals surface area contributed by atoms with Gasteiger partial charge in [-0.3, -0.25) is 4.79 Å². The number of hydrogen-bond acceptors (Lipinski definition) is 3. The van der Waals surface area contributed by atoms with Gasteiger partial charge in [0.05, 0.1) is 12.2 Å². The van der Waals surface area contributed by atoms with Crippen LogP contribution in [-0.4, -0.2) is 37.0 Å². The van der Waals surface area contributed by atoms with E-state index in [1.54, 1.807) is 0 Å². The van der Waals surface area contributed by atoms with E-state index >= 15 is 0 Å². The van der Waals surface area contributed by atoms with Crippen LogP contribution in [0.1, 0.15) is 35.2 Å². The Hall–Kier alpha value is -2.33. The number of amides is 1. The summed E-state index contributed by atoms with van der Waals surface area (Å²) < 4.78 is 5.96. The molecule has 0 spiro atoms.